The van der Waals surface area contributed by atoms with Gasteiger partial charge in [-0.05, 0) is 50.7 Å². The summed E-state index contributed by atoms with van der Waals surface area (Å²) >= 11 is 0. The zero-order valence-corrected chi connectivity index (χ0v) is 15.4. The van der Waals surface area contributed by atoms with Gasteiger partial charge in [-0.3, -0.25) is 9.69 Å². The van der Waals surface area contributed by atoms with Crippen molar-refractivity contribution in [2.75, 3.05) is 32.8 Å². The third kappa shape index (κ3) is 5.19. The van der Waals surface area contributed by atoms with Crippen LogP contribution in [0.5, 0.6) is 5.75 Å². The van der Waals surface area contributed by atoms with Gasteiger partial charge in [-0.1, -0.05) is 18.2 Å². The SMILES string of the molecule is Cc1cccc(C)c1OC1CCN(CC(=O)NC[C@H]2CCCO2)CC1. The van der Waals surface area contributed by atoms with Crippen LogP contribution in [0.25, 0.3) is 0 Å². The number of piperidine rings is 1. The number of nitrogens with one attached hydrogen (secondary N) is 1. The summed E-state index contributed by atoms with van der Waals surface area (Å²) in [5.41, 5.74) is 2.38. The lowest BCUT2D eigenvalue weighted by atomic mass is 10.1. The number of aryl methyl sites for hydroxylation is 2. The van der Waals surface area contributed by atoms with Gasteiger partial charge in [0.15, 0.2) is 0 Å². The molecule has 2 fully saturated rings. The third-order valence-electron chi connectivity index (χ3n) is 5.15. The second-order valence-corrected chi connectivity index (χ2v) is 7.25. The van der Waals surface area contributed by atoms with Gasteiger partial charge in [0.1, 0.15) is 11.9 Å². The molecule has 0 unspecified atom stereocenters. The van der Waals surface area contributed by atoms with Crippen LogP contribution in [0, 0.1) is 13.8 Å². The number of likely N-dealkylation sites (tertiary alicyclic amines) is 1. The Morgan fingerprint density at radius 1 is 1.24 bits per heavy atom. The van der Waals surface area contributed by atoms with Gasteiger partial charge in [-0.2, -0.15) is 0 Å². The molecule has 0 radical (unpaired) electrons. The fraction of sp³-hybridized carbons (Fsp3) is 0.650. The molecule has 5 heteroatoms. The highest BCUT2D eigenvalue weighted by atomic mass is 16.5. The Labute approximate surface area is 150 Å². The van der Waals surface area contributed by atoms with E-state index in [-0.39, 0.29) is 18.1 Å². The van der Waals surface area contributed by atoms with E-state index < -0.39 is 0 Å². The summed E-state index contributed by atoms with van der Waals surface area (Å²) < 4.78 is 11.8. The van der Waals surface area contributed by atoms with E-state index >= 15 is 0 Å². The van der Waals surface area contributed by atoms with Crippen LogP contribution in [0.1, 0.15) is 36.8 Å². The quantitative estimate of drug-likeness (QED) is 0.860. The van der Waals surface area contributed by atoms with E-state index in [1.165, 1.54) is 11.1 Å². The number of amides is 1. The summed E-state index contributed by atoms with van der Waals surface area (Å²) in [6.07, 6.45) is 4.54. The first kappa shape index (κ1) is 18.2. The topological polar surface area (TPSA) is 50.8 Å². The predicted octanol–water partition coefficient (Wildman–Crippen LogP) is 2.44. The lowest BCUT2D eigenvalue weighted by molar-refractivity contribution is -0.123. The number of para-hydroxylation sites is 1. The zero-order valence-electron chi connectivity index (χ0n) is 15.4. The summed E-state index contributed by atoms with van der Waals surface area (Å²) in [6.45, 7) is 7.94. The summed E-state index contributed by atoms with van der Waals surface area (Å²) in [4.78, 5) is 14.3. The molecule has 0 bridgehead atoms. The maximum atomic E-state index is 12.1. The van der Waals surface area contributed by atoms with Crippen LogP contribution in [-0.4, -0.2) is 55.8 Å². The Morgan fingerprint density at radius 2 is 1.96 bits per heavy atom. The van der Waals surface area contributed by atoms with Crippen molar-refractivity contribution in [2.45, 2.75) is 51.7 Å². The Bertz CT molecular complexity index is 556. The first-order valence-electron chi connectivity index (χ1n) is 9.45. The van der Waals surface area contributed by atoms with Gasteiger partial charge >= 0.3 is 0 Å². The van der Waals surface area contributed by atoms with Crippen molar-refractivity contribution < 1.29 is 14.3 Å². The molecule has 0 spiro atoms. The molecule has 138 valence electrons. The third-order valence-corrected chi connectivity index (χ3v) is 5.15. The van der Waals surface area contributed by atoms with Crippen molar-refractivity contribution in [3.63, 3.8) is 0 Å². The van der Waals surface area contributed by atoms with Crippen molar-refractivity contribution in [3.05, 3.63) is 29.3 Å². The molecule has 25 heavy (non-hydrogen) atoms. The van der Waals surface area contributed by atoms with E-state index in [2.05, 4.69) is 42.3 Å². The van der Waals surface area contributed by atoms with Gasteiger partial charge in [-0.25, -0.2) is 0 Å². The Morgan fingerprint density at radius 3 is 2.60 bits per heavy atom. The average Bonchev–Trinajstić information content (AvgIpc) is 3.12. The van der Waals surface area contributed by atoms with Crippen LogP contribution in [0.15, 0.2) is 18.2 Å². The summed E-state index contributed by atoms with van der Waals surface area (Å²) in [7, 11) is 0. The molecule has 1 aromatic carbocycles. The van der Waals surface area contributed by atoms with Crippen LogP contribution in [0.3, 0.4) is 0 Å². The number of nitrogens with zero attached hydrogens (tertiary/aromatic N) is 1. The maximum Gasteiger partial charge on any atom is 0.234 e. The van der Waals surface area contributed by atoms with Crippen LogP contribution < -0.4 is 10.1 Å². The Hall–Kier alpha value is -1.59. The lowest BCUT2D eigenvalue weighted by Gasteiger charge is -2.32. The van der Waals surface area contributed by atoms with Gasteiger partial charge in [0, 0.05) is 26.2 Å². The molecule has 2 aliphatic heterocycles. The molecule has 1 N–H and O–H groups in total. The highest BCUT2D eigenvalue weighted by molar-refractivity contribution is 5.78. The molecule has 2 aliphatic rings. The monoisotopic (exact) mass is 346 g/mol. The first-order valence-corrected chi connectivity index (χ1v) is 9.45. The fourth-order valence-electron chi connectivity index (χ4n) is 3.63. The maximum absolute atomic E-state index is 12.1. The molecule has 1 amide bonds. The van der Waals surface area contributed by atoms with Crippen molar-refractivity contribution >= 4 is 5.91 Å². The van der Waals surface area contributed by atoms with E-state index in [9.17, 15) is 4.79 Å². The number of hydrogen-bond donors (Lipinski definition) is 1. The highest BCUT2D eigenvalue weighted by Gasteiger charge is 2.23. The fourth-order valence-corrected chi connectivity index (χ4v) is 3.63. The normalized spacial score (nSPS) is 22.1. The largest absolute Gasteiger partial charge is 0.490 e. The van der Waals surface area contributed by atoms with E-state index in [4.69, 9.17) is 9.47 Å². The van der Waals surface area contributed by atoms with Gasteiger partial charge in [-0.15, -0.1) is 0 Å². The van der Waals surface area contributed by atoms with Crippen molar-refractivity contribution in [1.82, 2.24) is 10.2 Å². The predicted molar refractivity (Wildman–Crippen MR) is 98.0 cm³/mol. The van der Waals surface area contributed by atoms with E-state index in [0.29, 0.717) is 13.1 Å². The molecule has 5 nitrogen and oxygen atoms in total. The lowest BCUT2D eigenvalue weighted by Crippen LogP contribution is -2.45. The molecular formula is C20H30N2O3. The van der Waals surface area contributed by atoms with E-state index in [0.717, 1.165) is 51.1 Å². The van der Waals surface area contributed by atoms with Gasteiger partial charge < -0.3 is 14.8 Å². The second kappa shape index (κ2) is 8.68. The molecular weight excluding hydrogens is 316 g/mol. The van der Waals surface area contributed by atoms with Crippen LogP contribution >= 0.6 is 0 Å². The highest BCUT2D eigenvalue weighted by Crippen LogP contribution is 2.26. The molecule has 3 rings (SSSR count). The first-order chi connectivity index (χ1) is 12.1. The summed E-state index contributed by atoms with van der Waals surface area (Å²) in [5.74, 6) is 1.12. The minimum atomic E-state index is 0.101. The molecule has 0 aromatic heterocycles. The van der Waals surface area contributed by atoms with E-state index in [1.54, 1.807) is 0 Å². The minimum absolute atomic E-state index is 0.101. The smallest absolute Gasteiger partial charge is 0.234 e. The van der Waals surface area contributed by atoms with Crippen LogP contribution in [-0.2, 0) is 9.53 Å². The number of rotatable bonds is 6. The number of hydrogen-bond acceptors (Lipinski definition) is 4. The second-order valence-electron chi connectivity index (χ2n) is 7.25. The summed E-state index contributed by atoms with van der Waals surface area (Å²) in [5, 5.41) is 3.00. The number of ether oxygens (including phenoxy) is 2. The molecule has 0 saturated carbocycles. The molecule has 0 aliphatic carbocycles. The number of benzene rings is 1. The average molecular weight is 346 g/mol. The standard InChI is InChI=1S/C20H30N2O3/c1-15-5-3-6-16(2)20(15)25-17-8-10-22(11-9-17)14-19(23)21-13-18-7-4-12-24-18/h3,5-6,17-18H,4,7-14H2,1-2H3,(H,21,23)/t18-/m1/s1. The summed E-state index contributed by atoms with van der Waals surface area (Å²) in [6, 6.07) is 6.25. The number of carbonyl (C=O) groups is 1. The molecule has 2 saturated heterocycles. The van der Waals surface area contributed by atoms with Crippen molar-refractivity contribution in [3.8, 4) is 5.75 Å². The van der Waals surface area contributed by atoms with Crippen molar-refractivity contribution in [2.24, 2.45) is 0 Å². The van der Waals surface area contributed by atoms with Crippen LogP contribution in [0.2, 0.25) is 0 Å². The van der Waals surface area contributed by atoms with Gasteiger partial charge in [0.25, 0.3) is 0 Å². The van der Waals surface area contributed by atoms with Gasteiger partial charge in [0.2, 0.25) is 5.91 Å². The Kier molecular flexibility index (Phi) is 6.32. The Balaban J connectivity index is 1.38. The minimum Gasteiger partial charge on any atom is -0.490 e. The van der Waals surface area contributed by atoms with Gasteiger partial charge in [0.05, 0.1) is 12.6 Å². The molecule has 1 aromatic rings. The van der Waals surface area contributed by atoms with Crippen LogP contribution in [0.4, 0.5) is 0 Å². The zero-order chi connectivity index (χ0) is 17.6. The molecule has 2 heterocycles. The van der Waals surface area contributed by atoms with Crippen molar-refractivity contribution in [1.29, 1.82) is 0 Å². The number of carbonyl (C=O) groups excluding carboxylic acids is 1. The molecule has 1 atom stereocenters. The van der Waals surface area contributed by atoms with E-state index in [1.807, 2.05) is 0 Å².